The molecule has 1 heterocycles. The highest BCUT2D eigenvalue weighted by atomic mass is 35.5. The van der Waals surface area contributed by atoms with Gasteiger partial charge in [-0.05, 0) is 43.1 Å². The van der Waals surface area contributed by atoms with Crippen molar-refractivity contribution in [3.8, 4) is 0 Å². The molecule has 2 aliphatic rings. The molecule has 0 radical (unpaired) electrons. The van der Waals surface area contributed by atoms with Gasteiger partial charge >= 0.3 is 0 Å². The van der Waals surface area contributed by atoms with E-state index in [1.165, 1.54) is 47.2 Å². The molecular weight excluding hydrogens is 274 g/mol. The summed E-state index contributed by atoms with van der Waals surface area (Å²) in [6, 6.07) is 8.41. The van der Waals surface area contributed by atoms with Gasteiger partial charge in [-0.1, -0.05) is 29.8 Å². The lowest BCUT2D eigenvalue weighted by molar-refractivity contribution is 0.404. The molecule has 4 rings (SSSR count). The fraction of sp³-hybridized carbons (Fsp3) is 0.500. The Hall–Kier alpha value is -0.570. The van der Waals surface area contributed by atoms with E-state index >= 15 is 0 Å². The number of benzene rings is 1. The minimum absolute atomic E-state index is 0.670. The number of rotatable bonds is 5. The zero-order valence-electron chi connectivity index (χ0n) is 10.9. The normalized spacial score (nSPS) is 20.9. The summed E-state index contributed by atoms with van der Waals surface area (Å²) in [7, 11) is 0. The second kappa shape index (κ2) is 4.47. The smallest absolute Gasteiger partial charge is 0.0636 e. The Morgan fingerprint density at radius 2 is 2.05 bits per heavy atom. The molecular formula is C16H18ClNS. The average molecular weight is 292 g/mol. The van der Waals surface area contributed by atoms with Crippen molar-refractivity contribution in [3.05, 3.63) is 34.2 Å². The molecule has 3 heteroatoms. The van der Waals surface area contributed by atoms with E-state index < -0.39 is 0 Å². The van der Waals surface area contributed by atoms with Crippen molar-refractivity contribution in [2.24, 2.45) is 11.3 Å². The van der Waals surface area contributed by atoms with Crippen LogP contribution in [0.4, 0.5) is 0 Å². The molecule has 0 bridgehead atoms. The van der Waals surface area contributed by atoms with Crippen molar-refractivity contribution in [2.75, 3.05) is 6.54 Å². The Morgan fingerprint density at radius 1 is 1.26 bits per heavy atom. The van der Waals surface area contributed by atoms with Gasteiger partial charge in [0.25, 0.3) is 0 Å². The molecule has 1 aromatic heterocycles. The third kappa shape index (κ3) is 2.20. The van der Waals surface area contributed by atoms with Crippen LogP contribution < -0.4 is 5.32 Å². The first-order chi connectivity index (χ1) is 9.28. The molecule has 100 valence electrons. The van der Waals surface area contributed by atoms with Crippen LogP contribution in [0.1, 0.15) is 30.6 Å². The molecule has 1 aromatic carbocycles. The van der Waals surface area contributed by atoms with E-state index in [-0.39, 0.29) is 0 Å². The van der Waals surface area contributed by atoms with E-state index in [4.69, 9.17) is 11.6 Å². The Morgan fingerprint density at radius 3 is 2.74 bits per heavy atom. The van der Waals surface area contributed by atoms with E-state index in [0.717, 1.165) is 17.5 Å². The summed E-state index contributed by atoms with van der Waals surface area (Å²) in [6.07, 6.45) is 5.80. The molecule has 0 unspecified atom stereocenters. The molecule has 2 fully saturated rings. The summed E-state index contributed by atoms with van der Waals surface area (Å²) in [5.74, 6) is 1.03. The maximum Gasteiger partial charge on any atom is 0.0636 e. The molecule has 2 aliphatic carbocycles. The first kappa shape index (κ1) is 12.2. The van der Waals surface area contributed by atoms with Gasteiger partial charge in [0.15, 0.2) is 0 Å². The minimum atomic E-state index is 0.670. The Kier molecular flexibility index (Phi) is 2.87. The summed E-state index contributed by atoms with van der Waals surface area (Å²) in [6.45, 7) is 2.11. The van der Waals surface area contributed by atoms with Crippen LogP contribution in [0, 0.1) is 11.3 Å². The molecule has 0 atom stereocenters. The van der Waals surface area contributed by atoms with Crippen LogP contribution in [-0.2, 0) is 6.54 Å². The lowest BCUT2D eigenvalue weighted by Crippen LogP contribution is -2.24. The summed E-state index contributed by atoms with van der Waals surface area (Å²) < 4.78 is 1.30. The second-order valence-electron chi connectivity index (χ2n) is 6.08. The van der Waals surface area contributed by atoms with Crippen molar-refractivity contribution >= 4 is 33.0 Å². The number of hydrogen-bond donors (Lipinski definition) is 1. The zero-order valence-corrected chi connectivity index (χ0v) is 12.5. The SMILES string of the molecule is Clc1c(CNCC2(C3CC3)CC2)sc2ccccc12. The van der Waals surface area contributed by atoms with Gasteiger partial charge < -0.3 is 5.32 Å². The second-order valence-corrected chi connectivity index (χ2v) is 7.59. The van der Waals surface area contributed by atoms with Crippen LogP contribution in [0.15, 0.2) is 24.3 Å². The third-order valence-corrected chi connectivity index (χ3v) is 6.41. The van der Waals surface area contributed by atoms with Crippen molar-refractivity contribution in [1.82, 2.24) is 5.32 Å². The highest BCUT2D eigenvalue weighted by Crippen LogP contribution is 2.60. The van der Waals surface area contributed by atoms with Crippen LogP contribution in [0.5, 0.6) is 0 Å². The first-order valence-electron chi connectivity index (χ1n) is 7.15. The van der Waals surface area contributed by atoms with Gasteiger partial charge in [-0.25, -0.2) is 0 Å². The van der Waals surface area contributed by atoms with E-state index in [9.17, 15) is 0 Å². The number of fused-ring (bicyclic) bond motifs is 1. The molecule has 0 spiro atoms. The minimum Gasteiger partial charge on any atom is -0.311 e. The van der Waals surface area contributed by atoms with Crippen LogP contribution in [0.2, 0.25) is 5.02 Å². The number of hydrogen-bond acceptors (Lipinski definition) is 2. The summed E-state index contributed by atoms with van der Waals surface area (Å²) in [4.78, 5) is 1.29. The van der Waals surface area contributed by atoms with Crippen LogP contribution in [-0.4, -0.2) is 6.54 Å². The highest BCUT2D eigenvalue weighted by Gasteiger charge is 2.53. The Labute approximate surface area is 123 Å². The molecule has 1 nitrogen and oxygen atoms in total. The Bertz CT molecular complexity index is 610. The monoisotopic (exact) mass is 291 g/mol. The predicted molar refractivity (Wildman–Crippen MR) is 82.9 cm³/mol. The highest BCUT2D eigenvalue weighted by molar-refractivity contribution is 7.19. The standard InChI is InChI=1S/C16H18ClNS/c17-15-12-3-1-2-4-13(12)19-14(15)9-18-10-16(7-8-16)11-5-6-11/h1-4,11,18H,5-10H2. The quantitative estimate of drug-likeness (QED) is 0.831. The van der Waals surface area contributed by atoms with Crippen molar-refractivity contribution in [2.45, 2.75) is 32.2 Å². The largest absolute Gasteiger partial charge is 0.311 e. The van der Waals surface area contributed by atoms with E-state index in [1.807, 2.05) is 11.3 Å². The fourth-order valence-electron chi connectivity index (χ4n) is 3.19. The van der Waals surface area contributed by atoms with Gasteiger partial charge in [0.1, 0.15) is 0 Å². The molecule has 0 aliphatic heterocycles. The van der Waals surface area contributed by atoms with E-state index in [1.54, 1.807) is 0 Å². The molecule has 1 N–H and O–H groups in total. The van der Waals surface area contributed by atoms with Gasteiger partial charge in [-0.3, -0.25) is 0 Å². The van der Waals surface area contributed by atoms with Crippen LogP contribution >= 0.6 is 22.9 Å². The van der Waals surface area contributed by atoms with Crippen molar-refractivity contribution < 1.29 is 0 Å². The first-order valence-corrected chi connectivity index (χ1v) is 8.35. The van der Waals surface area contributed by atoms with Crippen LogP contribution in [0.3, 0.4) is 0 Å². The van der Waals surface area contributed by atoms with Crippen molar-refractivity contribution in [3.63, 3.8) is 0 Å². The molecule has 0 amide bonds. The van der Waals surface area contributed by atoms with Gasteiger partial charge in [-0.2, -0.15) is 0 Å². The molecule has 19 heavy (non-hydrogen) atoms. The zero-order chi connectivity index (χ0) is 12.9. The van der Waals surface area contributed by atoms with Gasteiger partial charge in [0, 0.05) is 28.1 Å². The number of nitrogens with one attached hydrogen (secondary N) is 1. The summed E-state index contributed by atoms with van der Waals surface area (Å²) in [5, 5.41) is 5.81. The van der Waals surface area contributed by atoms with Gasteiger partial charge in [0.05, 0.1) is 5.02 Å². The summed E-state index contributed by atoms with van der Waals surface area (Å²) in [5.41, 5.74) is 0.670. The van der Waals surface area contributed by atoms with E-state index in [0.29, 0.717) is 5.41 Å². The molecule has 2 aromatic rings. The third-order valence-electron chi connectivity index (χ3n) is 4.70. The van der Waals surface area contributed by atoms with Crippen LogP contribution in [0.25, 0.3) is 10.1 Å². The topological polar surface area (TPSA) is 12.0 Å². The number of halogens is 1. The fourth-order valence-corrected chi connectivity index (χ4v) is 4.66. The average Bonchev–Trinajstić information content (AvgIpc) is 3.30. The molecule has 0 saturated heterocycles. The maximum absolute atomic E-state index is 6.47. The maximum atomic E-state index is 6.47. The van der Waals surface area contributed by atoms with E-state index in [2.05, 4.69) is 29.6 Å². The van der Waals surface area contributed by atoms with Gasteiger partial charge in [0.2, 0.25) is 0 Å². The molecule has 2 saturated carbocycles. The summed E-state index contributed by atoms with van der Waals surface area (Å²) >= 11 is 8.29. The van der Waals surface area contributed by atoms with Gasteiger partial charge in [-0.15, -0.1) is 11.3 Å². The van der Waals surface area contributed by atoms with Crippen molar-refractivity contribution in [1.29, 1.82) is 0 Å². The lowest BCUT2D eigenvalue weighted by Gasteiger charge is -2.14. The number of thiophene rings is 1. The Balaban J connectivity index is 1.45. The predicted octanol–water partition coefficient (Wildman–Crippen LogP) is 4.83. The lowest BCUT2D eigenvalue weighted by atomic mass is 10.0.